The van der Waals surface area contributed by atoms with Crippen LogP contribution in [0.5, 0.6) is 0 Å². The normalized spacial score (nSPS) is 22.8. The second-order valence-electron chi connectivity index (χ2n) is 3.01. The zero-order valence-corrected chi connectivity index (χ0v) is 7.34. The minimum absolute atomic E-state index is 0.134. The minimum Gasteiger partial charge on any atom is -0.340 e. The van der Waals surface area contributed by atoms with Gasteiger partial charge >= 0.3 is 0 Å². The van der Waals surface area contributed by atoms with Crippen LogP contribution in [0.15, 0.2) is 0 Å². The molecule has 1 fully saturated rings. The van der Waals surface area contributed by atoms with Crippen molar-refractivity contribution in [3.8, 4) is 12.3 Å². The van der Waals surface area contributed by atoms with E-state index in [1.54, 1.807) is 0 Å². The van der Waals surface area contributed by atoms with E-state index in [0.717, 1.165) is 19.6 Å². The van der Waals surface area contributed by atoms with Gasteiger partial charge in [-0.2, -0.15) is 0 Å². The number of carbonyl (C=O) groups is 1. The first-order valence-electron chi connectivity index (χ1n) is 4.16. The Morgan fingerprint density at radius 1 is 1.83 bits per heavy atom. The molecule has 1 aliphatic heterocycles. The topological polar surface area (TPSA) is 32.3 Å². The smallest absolute Gasteiger partial charge is 0.223 e. The van der Waals surface area contributed by atoms with Gasteiger partial charge in [0.05, 0.1) is 0 Å². The highest BCUT2D eigenvalue weighted by atomic mass is 16.2. The number of hydrogen-bond donors (Lipinski definition) is 1. The van der Waals surface area contributed by atoms with Gasteiger partial charge in [0.15, 0.2) is 0 Å². The summed E-state index contributed by atoms with van der Waals surface area (Å²) in [6, 6.07) is 0. The van der Waals surface area contributed by atoms with E-state index in [1.165, 1.54) is 0 Å². The largest absolute Gasteiger partial charge is 0.340 e. The fourth-order valence-electron chi connectivity index (χ4n) is 1.35. The Bertz CT molecular complexity index is 207. The third-order valence-corrected chi connectivity index (χ3v) is 2.08. The summed E-state index contributed by atoms with van der Waals surface area (Å²) < 4.78 is 0. The molecule has 1 rings (SSSR count). The van der Waals surface area contributed by atoms with Gasteiger partial charge in [0.2, 0.25) is 5.91 Å². The van der Waals surface area contributed by atoms with Crippen LogP contribution in [-0.4, -0.2) is 37.5 Å². The van der Waals surface area contributed by atoms with Crippen molar-refractivity contribution >= 4 is 5.91 Å². The van der Waals surface area contributed by atoms with Crippen LogP contribution >= 0.6 is 0 Å². The summed E-state index contributed by atoms with van der Waals surface area (Å²) in [5.74, 6) is 2.94. The first kappa shape index (κ1) is 9.08. The van der Waals surface area contributed by atoms with E-state index in [0.29, 0.717) is 6.42 Å². The number of nitrogens with one attached hydrogen (secondary N) is 1. The van der Waals surface area contributed by atoms with Crippen LogP contribution in [0.3, 0.4) is 0 Å². The molecule has 1 N–H and O–H groups in total. The van der Waals surface area contributed by atoms with E-state index in [1.807, 2.05) is 11.9 Å². The van der Waals surface area contributed by atoms with E-state index in [-0.39, 0.29) is 11.8 Å². The Morgan fingerprint density at radius 3 is 3.08 bits per heavy atom. The number of carbonyl (C=O) groups excluding carboxylic acids is 1. The van der Waals surface area contributed by atoms with E-state index < -0.39 is 0 Å². The third kappa shape index (κ3) is 1.99. The van der Waals surface area contributed by atoms with Crippen LogP contribution in [-0.2, 0) is 4.79 Å². The number of nitrogens with zero attached hydrogens (tertiary/aromatic N) is 1. The quantitative estimate of drug-likeness (QED) is 0.583. The Labute approximate surface area is 73.1 Å². The molecule has 0 saturated carbocycles. The molecule has 1 atom stereocenters. The van der Waals surface area contributed by atoms with Crippen LogP contribution in [0, 0.1) is 18.3 Å². The highest BCUT2D eigenvalue weighted by Gasteiger charge is 2.27. The van der Waals surface area contributed by atoms with E-state index in [4.69, 9.17) is 6.42 Å². The minimum atomic E-state index is 0.134. The number of terminal acetylenes is 1. The fraction of sp³-hybridized carbons (Fsp3) is 0.667. The lowest BCUT2D eigenvalue weighted by molar-refractivity contribution is -0.127. The lowest BCUT2D eigenvalue weighted by atomic mass is 10.1. The highest BCUT2D eigenvalue weighted by molar-refractivity contribution is 5.79. The Hall–Kier alpha value is -1.01. The van der Waals surface area contributed by atoms with E-state index in [2.05, 4.69) is 11.2 Å². The van der Waals surface area contributed by atoms with Crippen molar-refractivity contribution in [3.63, 3.8) is 0 Å². The molecule has 1 saturated heterocycles. The maximum Gasteiger partial charge on any atom is 0.223 e. The molecule has 1 unspecified atom stereocenters. The molecule has 0 spiro atoms. The van der Waals surface area contributed by atoms with Crippen molar-refractivity contribution in [2.75, 3.05) is 26.7 Å². The number of amides is 1. The second kappa shape index (κ2) is 4.13. The number of hydrogen-bond acceptors (Lipinski definition) is 2. The van der Waals surface area contributed by atoms with Gasteiger partial charge in [-0.25, -0.2) is 0 Å². The van der Waals surface area contributed by atoms with E-state index >= 15 is 0 Å². The summed E-state index contributed by atoms with van der Waals surface area (Å²) >= 11 is 0. The molecule has 3 heteroatoms. The molecule has 0 aromatic heterocycles. The Balaban J connectivity index is 2.37. The molecule has 66 valence electrons. The summed E-state index contributed by atoms with van der Waals surface area (Å²) in [5.41, 5.74) is 0. The van der Waals surface area contributed by atoms with Crippen LogP contribution in [0.4, 0.5) is 0 Å². The summed E-state index contributed by atoms with van der Waals surface area (Å²) in [4.78, 5) is 13.1. The summed E-state index contributed by atoms with van der Waals surface area (Å²) in [6.07, 6.45) is 5.77. The molecule has 0 radical (unpaired) electrons. The average Bonchev–Trinajstić information content (AvgIpc) is 2.43. The van der Waals surface area contributed by atoms with Crippen molar-refractivity contribution in [2.45, 2.75) is 6.42 Å². The Morgan fingerprint density at radius 2 is 2.58 bits per heavy atom. The molecule has 0 aliphatic carbocycles. The molecule has 12 heavy (non-hydrogen) atoms. The van der Waals surface area contributed by atoms with Gasteiger partial charge in [-0.05, 0) is 7.05 Å². The zero-order valence-electron chi connectivity index (χ0n) is 7.34. The summed E-state index contributed by atoms with van der Waals surface area (Å²) in [6.45, 7) is 2.34. The van der Waals surface area contributed by atoms with Crippen LogP contribution in [0.25, 0.3) is 0 Å². The summed E-state index contributed by atoms with van der Waals surface area (Å²) in [5, 5.41) is 3.00. The van der Waals surface area contributed by atoms with Gasteiger partial charge in [0.25, 0.3) is 0 Å². The lowest BCUT2D eigenvalue weighted by Crippen LogP contribution is -2.31. The molecule has 0 aromatic rings. The lowest BCUT2D eigenvalue weighted by Gasteiger charge is -2.14. The molecule has 1 heterocycles. The van der Waals surface area contributed by atoms with Crippen molar-refractivity contribution in [1.82, 2.24) is 10.2 Å². The number of likely N-dealkylation sites (tertiary alicyclic amines) is 1. The second-order valence-corrected chi connectivity index (χ2v) is 3.01. The number of likely N-dealkylation sites (N-methyl/N-ethyl adjacent to an activating group) is 1. The first-order valence-corrected chi connectivity index (χ1v) is 4.16. The number of rotatable bonds is 3. The highest BCUT2D eigenvalue weighted by Crippen LogP contribution is 2.15. The average molecular weight is 166 g/mol. The maximum absolute atomic E-state index is 11.3. The van der Waals surface area contributed by atoms with Gasteiger partial charge in [0.1, 0.15) is 0 Å². The fourth-order valence-corrected chi connectivity index (χ4v) is 1.35. The Kier molecular flexibility index (Phi) is 3.12. The molecule has 3 nitrogen and oxygen atoms in total. The van der Waals surface area contributed by atoms with E-state index in [9.17, 15) is 4.79 Å². The van der Waals surface area contributed by atoms with Crippen LogP contribution in [0.2, 0.25) is 0 Å². The third-order valence-electron chi connectivity index (χ3n) is 2.08. The SMILES string of the molecule is C#CC1CC(=O)N(CCNC)C1. The van der Waals surface area contributed by atoms with Crippen molar-refractivity contribution in [3.05, 3.63) is 0 Å². The monoisotopic (exact) mass is 166 g/mol. The summed E-state index contributed by atoms with van der Waals surface area (Å²) in [7, 11) is 1.87. The van der Waals surface area contributed by atoms with Gasteiger partial charge in [-0.15, -0.1) is 12.3 Å². The van der Waals surface area contributed by atoms with Crippen molar-refractivity contribution in [1.29, 1.82) is 0 Å². The van der Waals surface area contributed by atoms with Gasteiger partial charge < -0.3 is 10.2 Å². The van der Waals surface area contributed by atoms with Gasteiger partial charge in [0, 0.05) is 32.0 Å². The van der Waals surface area contributed by atoms with Crippen molar-refractivity contribution < 1.29 is 4.79 Å². The molecule has 1 aliphatic rings. The first-order chi connectivity index (χ1) is 5.77. The molecular weight excluding hydrogens is 152 g/mol. The van der Waals surface area contributed by atoms with Gasteiger partial charge in [-0.1, -0.05) is 0 Å². The van der Waals surface area contributed by atoms with Gasteiger partial charge in [-0.3, -0.25) is 4.79 Å². The zero-order chi connectivity index (χ0) is 8.97. The predicted molar refractivity (Wildman–Crippen MR) is 47.4 cm³/mol. The maximum atomic E-state index is 11.3. The molecule has 1 amide bonds. The van der Waals surface area contributed by atoms with Crippen LogP contribution < -0.4 is 5.32 Å². The molecule has 0 aromatic carbocycles. The van der Waals surface area contributed by atoms with Crippen LogP contribution in [0.1, 0.15) is 6.42 Å². The molecule has 0 bridgehead atoms. The molecular formula is C9H14N2O. The van der Waals surface area contributed by atoms with Crippen molar-refractivity contribution in [2.24, 2.45) is 5.92 Å². The standard InChI is InChI=1S/C9H14N2O/c1-3-8-6-9(12)11(7-8)5-4-10-2/h1,8,10H,4-7H2,2H3. The predicted octanol–water partition coefficient (Wildman–Crippen LogP) is -0.312.